The Hall–Kier alpha value is -0.140. The molecule has 1 heterocycles. The number of rotatable bonds is 2. The third-order valence-corrected chi connectivity index (χ3v) is 1.96. The molecule has 0 saturated carbocycles. The second-order valence-electron chi connectivity index (χ2n) is 2.30. The van der Waals surface area contributed by atoms with Gasteiger partial charge >= 0.3 is 35.5 Å². The van der Waals surface area contributed by atoms with E-state index in [9.17, 15) is 13.6 Å². The van der Waals surface area contributed by atoms with Gasteiger partial charge in [0, 0.05) is 16.6 Å². The average Bonchev–Trinajstić information content (AvgIpc) is 2.46. The van der Waals surface area contributed by atoms with Crippen molar-refractivity contribution in [1.82, 2.24) is 0 Å². The second kappa shape index (κ2) is 5.67. The van der Waals surface area contributed by atoms with Gasteiger partial charge in [-0.2, -0.15) is 0 Å². The van der Waals surface area contributed by atoms with Crippen molar-refractivity contribution in [2.75, 3.05) is 7.11 Å². The molecule has 0 N–H and O–H groups in total. The molecular weight excluding hydrogens is 219 g/mol. The van der Waals surface area contributed by atoms with E-state index in [1.165, 1.54) is 13.2 Å². The Morgan fingerprint density at radius 2 is 2.21 bits per heavy atom. The molecule has 1 atom stereocenters. The van der Waals surface area contributed by atoms with E-state index in [4.69, 9.17) is 4.42 Å². The van der Waals surface area contributed by atoms with Gasteiger partial charge in [0.2, 0.25) is 5.76 Å². The average molecular weight is 226 g/mol. The molecular formula is C7H7NaO5S. The molecule has 5 nitrogen and oxygen atoms in total. The molecule has 14 heavy (non-hydrogen) atoms. The maximum atomic E-state index is 11.0. The van der Waals surface area contributed by atoms with Crippen LogP contribution >= 0.6 is 0 Å². The van der Waals surface area contributed by atoms with Crippen molar-refractivity contribution in [3.05, 3.63) is 17.4 Å². The predicted octanol–water partition coefficient (Wildman–Crippen LogP) is -2.38. The first-order valence-electron chi connectivity index (χ1n) is 3.34. The summed E-state index contributed by atoms with van der Waals surface area (Å²) in [5, 5.41) is -0.266. The summed E-state index contributed by atoms with van der Waals surface area (Å²) < 4.78 is 30.0. The van der Waals surface area contributed by atoms with Crippen molar-refractivity contribution in [1.29, 1.82) is 0 Å². The standard InChI is InChI=1S/C7H8O5S.Na/c1-4-3-5(13(9)10)12-6(4)7(8)11-2;/h3H,1-2H3,(H,9,10);/q;+1/p-1. The number of carbonyl (C=O) groups is 1. The van der Waals surface area contributed by atoms with Gasteiger partial charge in [0.15, 0.2) is 5.09 Å². The summed E-state index contributed by atoms with van der Waals surface area (Å²) >= 11 is -2.46. The summed E-state index contributed by atoms with van der Waals surface area (Å²) in [6.45, 7) is 1.56. The van der Waals surface area contributed by atoms with E-state index in [2.05, 4.69) is 4.74 Å². The number of esters is 1. The first-order chi connectivity index (χ1) is 6.06. The van der Waals surface area contributed by atoms with Crippen LogP contribution in [0.15, 0.2) is 15.6 Å². The molecule has 0 aliphatic heterocycles. The Kier molecular flexibility index (Phi) is 5.61. The van der Waals surface area contributed by atoms with Crippen molar-refractivity contribution in [2.45, 2.75) is 12.0 Å². The van der Waals surface area contributed by atoms with Gasteiger partial charge in [0.25, 0.3) is 0 Å². The molecule has 0 amide bonds. The van der Waals surface area contributed by atoms with Crippen molar-refractivity contribution < 1.29 is 52.3 Å². The molecule has 7 heteroatoms. The molecule has 0 radical (unpaired) electrons. The predicted molar refractivity (Wildman–Crippen MR) is 42.0 cm³/mol. The maximum Gasteiger partial charge on any atom is 1.00 e. The number of furan rings is 1. The number of aryl methyl sites for hydroxylation is 1. The van der Waals surface area contributed by atoms with E-state index in [1.807, 2.05) is 0 Å². The summed E-state index contributed by atoms with van der Waals surface area (Å²) in [6, 6.07) is 1.26. The quantitative estimate of drug-likeness (QED) is 0.319. The van der Waals surface area contributed by atoms with Crippen LogP contribution in [0, 0.1) is 6.92 Å². The zero-order valence-electron chi connectivity index (χ0n) is 8.03. The topological polar surface area (TPSA) is 79.6 Å². The van der Waals surface area contributed by atoms with Gasteiger partial charge in [-0.15, -0.1) is 0 Å². The van der Waals surface area contributed by atoms with Crippen LogP contribution in [0.25, 0.3) is 0 Å². The molecule has 0 saturated heterocycles. The van der Waals surface area contributed by atoms with Crippen LogP contribution in [-0.2, 0) is 15.8 Å². The first-order valence-corrected chi connectivity index (χ1v) is 4.41. The Morgan fingerprint density at radius 1 is 1.64 bits per heavy atom. The monoisotopic (exact) mass is 226 g/mol. The summed E-state index contributed by atoms with van der Waals surface area (Å²) in [4.78, 5) is 11.0. The fraction of sp³-hybridized carbons (Fsp3) is 0.286. The van der Waals surface area contributed by atoms with Crippen LogP contribution in [0.1, 0.15) is 16.1 Å². The minimum absolute atomic E-state index is 0. The van der Waals surface area contributed by atoms with Gasteiger partial charge < -0.3 is 13.7 Å². The molecule has 0 fully saturated rings. The van der Waals surface area contributed by atoms with Gasteiger partial charge in [-0.1, -0.05) is 0 Å². The normalized spacial score (nSPS) is 11.6. The largest absolute Gasteiger partial charge is 1.00 e. The van der Waals surface area contributed by atoms with Crippen LogP contribution in [-0.4, -0.2) is 21.8 Å². The van der Waals surface area contributed by atoms with E-state index in [0.717, 1.165) is 0 Å². The van der Waals surface area contributed by atoms with Crippen LogP contribution < -0.4 is 29.6 Å². The van der Waals surface area contributed by atoms with Crippen molar-refractivity contribution >= 4 is 17.0 Å². The zero-order chi connectivity index (χ0) is 10.0. The Labute approximate surface area is 105 Å². The van der Waals surface area contributed by atoms with E-state index in [1.54, 1.807) is 6.92 Å². The fourth-order valence-electron chi connectivity index (χ4n) is 0.830. The molecule has 1 rings (SSSR count). The van der Waals surface area contributed by atoms with Crippen LogP contribution in [0.5, 0.6) is 0 Å². The van der Waals surface area contributed by atoms with Gasteiger partial charge in [-0.05, 0) is 13.0 Å². The van der Waals surface area contributed by atoms with Crippen molar-refractivity contribution in [2.24, 2.45) is 0 Å². The fourth-order valence-corrected chi connectivity index (χ4v) is 1.25. The van der Waals surface area contributed by atoms with Gasteiger partial charge in [0.05, 0.1) is 7.11 Å². The SMILES string of the molecule is COC(=O)c1oc(S(=O)[O-])cc1C.[Na+]. The van der Waals surface area contributed by atoms with Gasteiger partial charge in [-0.25, -0.2) is 4.79 Å². The Bertz CT molecular complexity index is 359. The minimum atomic E-state index is -2.46. The second-order valence-corrected chi connectivity index (χ2v) is 3.18. The summed E-state index contributed by atoms with van der Waals surface area (Å²) in [7, 11) is 1.19. The summed E-state index contributed by atoms with van der Waals surface area (Å²) in [6.07, 6.45) is 0. The number of carbonyl (C=O) groups excluding carboxylic acids is 1. The molecule has 1 unspecified atom stereocenters. The zero-order valence-corrected chi connectivity index (χ0v) is 10.8. The molecule has 0 aliphatic carbocycles. The van der Waals surface area contributed by atoms with Gasteiger partial charge in [-0.3, -0.25) is 4.21 Å². The number of hydrogen-bond donors (Lipinski definition) is 0. The molecule has 0 bridgehead atoms. The molecule has 72 valence electrons. The van der Waals surface area contributed by atoms with Crippen molar-refractivity contribution in [3.63, 3.8) is 0 Å². The van der Waals surface area contributed by atoms with E-state index >= 15 is 0 Å². The molecule has 1 aromatic rings. The smallest absolute Gasteiger partial charge is 0.766 e. The molecule has 0 aliphatic rings. The summed E-state index contributed by atoms with van der Waals surface area (Å²) in [5.74, 6) is -0.768. The van der Waals surface area contributed by atoms with Crippen LogP contribution in [0.2, 0.25) is 0 Å². The summed E-state index contributed by atoms with van der Waals surface area (Å²) in [5.41, 5.74) is 0.436. The van der Waals surface area contributed by atoms with Crippen LogP contribution in [0.3, 0.4) is 0 Å². The van der Waals surface area contributed by atoms with E-state index < -0.39 is 17.0 Å². The van der Waals surface area contributed by atoms with E-state index in [0.29, 0.717) is 5.56 Å². The molecule has 0 spiro atoms. The number of methoxy groups -OCH3 is 1. The third-order valence-electron chi connectivity index (χ3n) is 1.43. The van der Waals surface area contributed by atoms with Crippen molar-refractivity contribution in [3.8, 4) is 0 Å². The van der Waals surface area contributed by atoms with E-state index in [-0.39, 0.29) is 40.4 Å². The molecule has 0 aromatic carbocycles. The van der Waals surface area contributed by atoms with Crippen LogP contribution in [0.4, 0.5) is 0 Å². The minimum Gasteiger partial charge on any atom is -0.766 e. The Balaban J connectivity index is 0.00000169. The third kappa shape index (κ3) is 2.93. The number of hydrogen-bond acceptors (Lipinski definition) is 5. The maximum absolute atomic E-state index is 11.0. The number of ether oxygens (including phenoxy) is 1. The van der Waals surface area contributed by atoms with Gasteiger partial charge in [0.1, 0.15) is 0 Å². The molecule has 1 aromatic heterocycles. The first kappa shape index (κ1) is 13.9. The Morgan fingerprint density at radius 3 is 2.57 bits per heavy atom.